The number of amides is 1. The molecule has 0 spiro atoms. The maximum absolute atomic E-state index is 11.4. The molecule has 15 heavy (non-hydrogen) atoms. The lowest BCUT2D eigenvalue weighted by molar-refractivity contribution is -0.129. The number of carbonyl (C=O) groups excluding carboxylic acids is 1. The number of likely N-dealkylation sites (N-methyl/N-ethyl adjacent to an activating group) is 1. The predicted molar refractivity (Wildman–Crippen MR) is 61.8 cm³/mol. The van der Waals surface area contributed by atoms with Crippen molar-refractivity contribution in [3.05, 3.63) is 0 Å². The Labute approximate surface area is 92.6 Å². The molecule has 1 amide bonds. The zero-order valence-corrected chi connectivity index (χ0v) is 10.1. The summed E-state index contributed by atoms with van der Waals surface area (Å²) in [6.45, 7) is 3.07. The number of hydrogen-bond acceptors (Lipinski definition) is 3. The predicted octanol–water partition coefficient (Wildman–Crippen LogP) is 0.149. The number of piperidine rings is 1. The Bertz CT molecular complexity index is 200. The highest BCUT2D eigenvalue weighted by molar-refractivity contribution is 5.75. The summed E-state index contributed by atoms with van der Waals surface area (Å²) >= 11 is 0. The smallest absolute Gasteiger partial charge is 0.223 e. The summed E-state index contributed by atoms with van der Waals surface area (Å²) in [5.74, 6) is 0.214. The van der Waals surface area contributed by atoms with Crippen LogP contribution < -0.4 is 5.32 Å². The second-order valence-electron chi connectivity index (χ2n) is 4.52. The summed E-state index contributed by atoms with van der Waals surface area (Å²) < 4.78 is 0. The van der Waals surface area contributed by atoms with Gasteiger partial charge in [-0.25, -0.2) is 0 Å². The van der Waals surface area contributed by atoms with Gasteiger partial charge in [0.25, 0.3) is 0 Å². The zero-order valence-electron chi connectivity index (χ0n) is 10.1. The first-order valence-corrected chi connectivity index (χ1v) is 5.72. The molecule has 4 nitrogen and oxygen atoms in total. The highest BCUT2D eigenvalue weighted by Crippen LogP contribution is 2.08. The summed E-state index contributed by atoms with van der Waals surface area (Å²) in [7, 11) is 5.73. The number of hydrogen-bond donors (Lipinski definition) is 1. The van der Waals surface area contributed by atoms with Crippen LogP contribution in [0.5, 0.6) is 0 Å². The number of carbonyl (C=O) groups is 1. The first-order chi connectivity index (χ1) is 7.11. The molecule has 1 aliphatic rings. The van der Waals surface area contributed by atoms with E-state index in [-0.39, 0.29) is 5.91 Å². The Morgan fingerprint density at radius 1 is 1.40 bits per heavy atom. The standard InChI is InChI=1S/C11H23N3O/c1-13(2)11(15)6-8-14(3)10-5-4-7-12-9-10/h10,12H,4-9H2,1-3H3. The largest absolute Gasteiger partial charge is 0.349 e. The Morgan fingerprint density at radius 3 is 2.67 bits per heavy atom. The van der Waals surface area contributed by atoms with Gasteiger partial charge in [-0.05, 0) is 26.4 Å². The van der Waals surface area contributed by atoms with Crippen molar-refractivity contribution >= 4 is 5.91 Å². The van der Waals surface area contributed by atoms with Gasteiger partial charge in [-0.1, -0.05) is 0 Å². The molecule has 88 valence electrons. The minimum atomic E-state index is 0.214. The summed E-state index contributed by atoms with van der Waals surface area (Å²) in [6.07, 6.45) is 3.12. The highest BCUT2D eigenvalue weighted by Gasteiger charge is 2.18. The molecule has 1 atom stereocenters. The van der Waals surface area contributed by atoms with E-state index in [1.54, 1.807) is 4.90 Å². The molecule has 1 aliphatic heterocycles. The Balaban J connectivity index is 2.22. The van der Waals surface area contributed by atoms with Crippen molar-refractivity contribution in [3.63, 3.8) is 0 Å². The Kier molecular flexibility index (Phi) is 5.05. The number of nitrogens with one attached hydrogen (secondary N) is 1. The van der Waals surface area contributed by atoms with Crippen molar-refractivity contribution < 1.29 is 4.79 Å². The highest BCUT2D eigenvalue weighted by atomic mass is 16.2. The van der Waals surface area contributed by atoms with Crippen LogP contribution in [-0.4, -0.2) is 62.5 Å². The maximum atomic E-state index is 11.4. The molecule has 0 radical (unpaired) electrons. The van der Waals surface area contributed by atoms with Crippen molar-refractivity contribution in [2.75, 3.05) is 40.8 Å². The molecule has 0 aliphatic carbocycles. The van der Waals surface area contributed by atoms with Crippen LogP contribution >= 0.6 is 0 Å². The van der Waals surface area contributed by atoms with E-state index >= 15 is 0 Å². The third-order valence-electron chi connectivity index (χ3n) is 3.07. The van der Waals surface area contributed by atoms with Crippen molar-refractivity contribution in [2.24, 2.45) is 0 Å². The van der Waals surface area contributed by atoms with Gasteiger partial charge in [0.15, 0.2) is 0 Å². The van der Waals surface area contributed by atoms with Crippen LogP contribution in [0.2, 0.25) is 0 Å². The molecular weight excluding hydrogens is 190 g/mol. The average molecular weight is 213 g/mol. The van der Waals surface area contributed by atoms with Gasteiger partial charge in [0, 0.05) is 39.6 Å². The number of nitrogens with zero attached hydrogens (tertiary/aromatic N) is 2. The summed E-state index contributed by atoms with van der Waals surface area (Å²) in [5.41, 5.74) is 0. The lowest BCUT2D eigenvalue weighted by Crippen LogP contribution is -2.45. The van der Waals surface area contributed by atoms with E-state index in [1.807, 2.05) is 14.1 Å². The van der Waals surface area contributed by atoms with E-state index < -0.39 is 0 Å². The quantitative estimate of drug-likeness (QED) is 0.722. The molecule has 0 aromatic carbocycles. The van der Waals surface area contributed by atoms with Gasteiger partial charge in [0.1, 0.15) is 0 Å². The van der Waals surface area contributed by atoms with Crippen LogP contribution in [-0.2, 0) is 4.79 Å². The first kappa shape index (κ1) is 12.5. The van der Waals surface area contributed by atoms with E-state index in [0.29, 0.717) is 12.5 Å². The normalized spacial score (nSPS) is 21.7. The van der Waals surface area contributed by atoms with Crippen LogP contribution in [0.4, 0.5) is 0 Å². The van der Waals surface area contributed by atoms with Crippen molar-refractivity contribution in [1.82, 2.24) is 15.1 Å². The molecule has 0 bridgehead atoms. The minimum Gasteiger partial charge on any atom is -0.349 e. The van der Waals surface area contributed by atoms with Crippen LogP contribution in [0.25, 0.3) is 0 Å². The van der Waals surface area contributed by atoms with Crippen LogP contribution in [0, 0.1) is 0 Å². The van der Waals surface area contributed by atoms with Crippen LogP contribution in [0.15, 0.2) is 0 Å². The second-order valence-corrected chi connectivity index (χ2v) is 4.52. The number of rotatable bonds is 4. The molecule has 1 unspecified atom stereocenters. The van der Waals surface area contributed by atoms with Crippen LogP contribution in [0.3, 0.4) is 0 Å². The molecule has 4 heteroatoms. The summed E-state index contributed by atoms with van der Waals surface area (Å²) in [6, 6.07) is 0.605. The van der Waals surface area contributed by atoms with Gasteiger partial charge < -0.3 is 15.1 Å². The summed E-state index contributed by atoms with van der Waals surface area (Å²) in [4.78, 5) is 15.4. The Morgan fingerprint density at radius 2 is 2.13 bits per heavy atom. The summed E-state index contributed by atoms with van der Waals surface area (Å²) in [5, 5.41) is 3.39. The molecular formula is C11H23N3O. The van der Waals surface area contributed by atoms with E-state index in [1.165, 1.54) is 12.8 Å². The van der Waals surface area contributed by atoms with Crippen molar-refractivity contribution in [3.8, 4) is 0 Å². The van der Waals surface area contributed by atoms with Gasteiger partial charge in [0.05, 0.1) is 0 Å². The van der Waals surface area contributed by atoms with Gasteiger partial charge >= 0.3 is 0 Å². The monoisotopic (exact) mass is 213 g/mol. The molecule has 1 saturated heterocycles. The fourth-order valence-corrected chi connectivity index (χ4v) is 1.89. The third kappa shape index (κ3) is 4.18. The Hall–Kier alpha value is -0.610. The molecule has 0 aromatic heterocycles. The molecule has 0 aromatic rings. The molecule has 1 heterocycles. The molecule has 1 fully saturated rings. The van der Waals surface area contributed by atoms with E-state index in [2.05, 4.69) is 17.3 Å². The van der Waals surface area contributed by atoms with E-state index in [9.17, 15) is 4.79 Å². The lowest BCUT2D eigenvalue weighted by atomic mass is 10.1. The van der Waals surface area contributed by atoms with E-state index in [0.717, 1.165) is 19.6 Å². The van der Waals surface area contributed by atoms with Gasteiger partial charge in [-0.3, -0.25) is 4.79 Å². The van der Waals surface area contributed by atoms with Gasteiger partial charge in [-0.2, -0.15) is 0 Å². The van der Waals surface area contributed by atoms with Gasteiger partial charge in [0.2, 0.25) is 5.91 Å². The zero-order chi connectivity index (χ0) is 11.3. The maximum Gasteiger partial charge on any atom is 0.223 e. The first-order valence-electron chi connectivity index (χ1n) is 5.72. The second kappa shape index (κ2) is 6.08. The van der Waals surface area contributed by atoms with E-state index in [4.69, 9.17) is 0 Å². The topological polar surface area (TPSA) is 35.6 Å². The van der Waals surface area contributed by atoms with Crippen molar-refractivity contribution in [2.45, 2.75) is 25.3 Å². The van der Waals surface area contributed by atoms with Gasteiger partial charge in [-0.15, -0.1) is 0 Å². The average Bonchev–Trinajstić information content (AvgIpc) is 2.26. The minimum absolute atomic E-state index is 0.214. The van der Waals surface area contributed by atoms with Crippen molar-refractivity contribution in [1.29, 1.82) is 0 Å². The molecule has 1 N–H and O–H groups in total. The fraction of sp³-hybridized carbons (Fsp3) is 0.909. The lowest BCUT2D eigenvalue weighted by Gasteiger charge is -2.31. The SMILES string of the molecule is CN(C)C(=O)CCN(C)C1CCCNC1. The molecule has 1 rings (SSSR count). The fourth-order valence-electron chi connectivity index (χ4n) is 1.89. The molecule has 0 saturated carbocycles. The third-order valence-corrected chi connectivity index (χ3v) is 3.07. The van der Waals surface area contributed by atoms with Crippen LogP contribution in [0.1, 0.15) is 19.3 Å².